The number of sulfonamides is 1. The lowest BCUT2D eigenvalue weighted by Crippen LogP contribution is -2.28. The Labute approximate surface area is 153 Å². The van der Waals surface area contributed by atoms with Gasteiger partial charge in [-0.1, -0.05) is 12.1 Å². The van der Waals surface area contributed by atoms with Crippen LogP contribution in [0.25, 0.3) is 0 Å². The van der Waals surface area contributed by atoms with Crippen LogP contribution < -0.4 is 14.8 Å². The van der Waals surface area contributed by atoms with Crippen molar-refractivity contribution in [3.8, 4) is 5.75 Å². The summed E-state index contributed by atoms with van der Waals surface area (Å²) in [7, 11) is -2.04. The van der Waals surface area contributed by atoms with E-state index in [-0.39, 0.29) is 17.3 Å². The minimum absolute atomic E-state index is 0.130. The summed E-state index contributed by atoms with van der Waals surface area (Å²) in [5, 5.41) is 2.78. The van der Waals surface area contributed by atoms with Crippen LogP contribution in [0.4, 0.5) is 5.69 Å². The quantitative estimate of drug-likeness (QED) is 0.813. The zero-order valence-corrected chi connectivity index (χ0v) is 15.8. The molecule has 138 valence electrons. The van der Waals surface area contributed by atoms with Crippen LogP contribution in [0.3, 0.4) is 0 Å². The molecule has 3 rings (SSSR count). The highest BCUT2D eigenvalue weighted by Gasteiger charge is 2.39. The molecule has 0 aliphatic carbocycles. The van der Waals surface area contributed by atoms with Gasteiger partial charge < -0.3 is 10.1 Å². The van der Waals surface area contributed by atoms with Crippen LogP contribution >= 0.6 is 0 Å². The van der Waals surface area contributed by atoms with Crippen LogP contribution in [-0.4, -0.2) is 28.0 Å². The van der Waals surface area contributed by atoms with E-state index in [1.807, 2.05) is 24.3 Å². The summed E-state index contributed by atoms with van der Waals surface area (Å²) in [4.78, 5) is 12.2. The molecule has 0 spiro atoms. The van der Waals surface area contributed by atoms with Gasteiger partial charge in [0.2, 0.25) is 15.9 Å². The van der Waals surface area contributed by atoms with Gasteiger partial charge >= 0.3 is 0 Å². The SMILES string of the molecule is COc1ccc(CCNS(=O)(=O)c2ccc3c(c2)C(C)(C)C(=O)N3)cc1. The molecule has 0 radical (unpaired) electrons. The largest absolute Gasteiger partial charge is 0.497 e. The van der Waals surface area contributed by atoms with Gasteiger partial charge in [-0.3, -0.25) is 4.79 Å². The summed E-state index contributed by atoms with van der Waals surface area (Å²) < 4.78 is 32.9. The van der Waals surface area contributed by atoms with Crippen molar-refractivity contribution in [2.24, 2.45) is 0 Å². The van der Waals surface area contributed by atoms with Gasteiger partial charge in [0.1, 0.15) is 5.75 Å². The maximum atomic E-state index is 12.6. The molecule has 1 amide bonds. The molecule has 0 fully saturated rings. The second-order valence-electron chi connectivity index (χ2n) is 6.78. The molecule has 0 unspecified atom stereocenters. The Hall–Kier alpha value is -2.38. The third kappa shape index (κ3) is 3.45. The predicted octanol–water partition coefficient (Wildman–Crippen LogP) is 2.45. The number of ether oxygens (including phenoxy) is 1. The Balaban J connectivity index is 1.71. The van der Waals surface area contributed by atoms with E-state index in [1.54, 1.807) is 33.1 Å². The average Bonchev–Trinajstić information content (AvgIpc) is 2.84. The lowest BCUT2D eigenvalue weighted by atomic mass is 9.86. The van der Waals surface area contributed by atoms with Crippen molar-refractivity contribution < 1.29 is 17.9 Å². The first-order chi connectivity index (χ1) is 12.2. The summed E-state index contributed by atoms with van der Waals surface area (Å²) >= 11 is 0. The lowest BCUT2D eigenvalue weighted by Gasteiger charge is -2.16. The van der Waals surface area contributed by atoms with Crippen LogP contribution in [0.15, 0.2) is 47.4 Å². The van der Waals surface area contributed by atoms with E-state index in [0.717, 1.165) is 11.3 Å². The summed E-state index contributed by atoms with van der Waals surface area (Å²) in [5.74, 6) is 0.632. The minimum Gasteiger partial charge on any atom is -0.497 e. The smallest absolute Gasteiger partial charge is 0.240 e. The molecule has 2 N–H and O–H groups in total. The Morgan fingerprint density at radius 3 is 2.46 bits per heavy atom. The van der Waals surface area contributed by atoms with Gasteiger partial charge in [0.15, 0.2) is 0 Å². The highest BCUT2D eigenvalue weighted by molar-refractivity contribution is 7.89. The molecule has 1 aliphatic rings. The standard InChI is InChI=1S/C19H22N2O4S/c1-19(2)16-12-15(8-9-17(16)21-18(19)22)26(23,24)20-11-10-13-4-6-14(25-3)7-5-13/h4-9,12,20H,10-11H2,1-3H3,(H,21,22). The first-order valence-corrected chi connectivity index (χ1v) is 9.81. The second kappa shape index (κ2) is 6.74. The van der Waals surface area contributed by atoms with E-state index in [1.165, 1.54) is 6.07 Å². The summed E-state index contributed by atoms with van der Waals surface area (Å²) in [6.45, 7) is 3.84. The monoisotopic (exact) mass is 374 g/mol. The van der Waals surface area contributed by atoms with Crippen LogP contribution in [0, 0.1) is 0 Å². The van der Waals surface area contributed by atoms with Crippen molar-refractivity contribution in [1.82, 2.24) is 4.72 Å². The first-order valence-electron chi connectivity index (χ1n) is 8.32. The van der Waals surface area contributed by atoms with E-state index in [4.69, 9.17) is 4.74 Å². The molecular weight excluding hydrogens is 352 g/mol. The molecule has 6 nitrogen and oxygen atoms in total. The van der Waals surface area contributed by atoms with Crippen molar-refractivity contribution >= 4 is 21.6 Å². The van der Waals surface area contributed by atoms with Gasteiger partial charge in [0, 0.05) is 12.2 Å². The number of fused-ring (bicyclic) bond motifs is 1. The van der Waals surface area contributed by atoms with Gasteiger partial charge in [0.05, 0.1) is 17.4 Å². The van der Waals surface area contributed by atoms with Crippen molar-refractivity contribution in [1.29, 1.82) is 0 Å². The molecule has 0 atom stereocenters. The fraction of sp³-hybridized carbons (Fsp3) is 0.316. The van der Waals surface area contributed by atoms with E-state index in [9.17, 15) is 13.2 Å². The highest BCUT2D eigenvalue weighted by Crippen LogP contribution is 2.38. The number of carbonyl (C=O) groups excluding carboxylic acids is 1. The Kier molecular flexibility index (Phi) is 4.77. The van der Waals surface area contributed by atoms with Gasteiger partial charge in [-0.05, 0) is 61.7 Å². The lowest BCUT2D eigenvalue weighted by molar-refractivity contribution is -0.119. The van der Waals surface area contributed by atoms with Gasteiger partial charge in [-0.2, -0.15) is 0 Å². The molecule has 0 aromatic heterocycles. The number of anilines is 1. The van der Waals surface area contributed by atoms with E-state index in [2.05, 4.69) is 10.0 Å². The number of hydrogen-bond acceptors (Lipinski definition) is 4. The van der Waals surface area contributed by atoms with Gasteiger partial charge in [-0.15, -0.1) is 0 Å². The zero-order valence-electron chi connectivity index (χ0n) is 15.0. The first kappa shape index (κ1) is 18.4. The number of amides is 1. The summed E-state index contributed by atoms with van der Waals surface area (Å²) in [5.41, 5.74) is 1.63. The zero-order chi connectivity index (χ0) is 18.9. The van der Waals surface area contributed by atoms with Crippen LogP contribution in [-0.2, 0) is 26.7 Å². The second-order valence-corrected chi connectivity index (χ2v) is 8.55. The Morgan fingerprint density at radius 1 is 1.12 bits per heavy atom. The Morgan fingerprint density at radius 2 is 1.81 bits per heavy atom. The topological polar surface area (TPSA) is 84.5 Å². The fourth-order valence-electron chi connectivity index (χ4n) is 2.92. The molecule has 1 heterocycles. The van der Waals surface area contributed by atoms with E-state index < -0.39 is 15.4 Å². The van der Waals surface area contributed by atoms with Crippen molar-refractivity contribution in [2.75, 3.05) is 19.0 Å². The highest BCUT2D eigenvalue weighted by atomic mass is 32.2. The number of benzene rings is 2. The molecule has 26 heavy (non-hydrogen) atoms. The molecule has 7 heteroatoms. The predicted molar refractivity (Wildman–Crippen MR) is 100.0 cm³/mol. The molecule has 1 aliphatic heterocycles. The Bertz CT molecular complexity index is 935. The number of nitrogens with one attached hydrogen (secondary N) is 2. The van der Waals surface area contributed by atoms with Crippen molar-refractivity contribution in [2.45, 2.75) is 30.6 Å². The third-order valence-corrected chi connectivity index (χ3v) is 6.11. The van der Waals surface area contributed by atoms with E-state index in [0.29, 0.717) is 17.7 Å². The molecule has 2 aromatic carbocycles. The van der Waals surface area contributed by atoms with Crippen LogP contribution in [0.5, 0.6) is 5.75 Å². The number of carbonyl (C=O) groups is 1. The van der Waals surface area contributed by atoms with Crippen LogP contribution in [0.2, 0.25) is 0 Å². The van der Waals surface area contributed by atoms with E-state index >= 15 is 0 Å². The normalized spacial score (nSPS) is 15.4. The third-order valence-electron chi connectivity index (χ3n) is 4.66. The molecular formula is C19H22N2O4S. The molecule has 0 saturated carbocycles. The van der Waals surface area contributed by atoms with Crippen molar-refractivity contribution in [3.05, 3.63) is 53.6 Å². The fourth-order valence-corrected chi connectivity index (χ4v) is 3.98. The van der Waals surface area contributed by atoms with Crippen LogP contribution in [0.1, 0.15) is 25.0 Å². The summed E-state index contributed by atoms with van der Waals surface area (Å²) in [6, 6.07) is 12.2. The maximum Gasteiger partial charge on any atom is 0.240 e. The molecule has 0 bridgehead atoms. The van der Waals surface area contributed by atoms with Gasteiger partial charge in [0.25, 0.3) is 0 Å². The minimum atomic E-state index is -3.65. The van der Waals surface area contributed by atoms with Gasteiger partial charge in [-0.25, -0.2) is 13.1 Å². The molecule has 2 aromatic rings. The average molecular weight is 374 g/mol. The molecule has 0 saturated heterocycles. The number of methoxy groups -OCH3 is 1. The maximum absolute atomic E-state index is 12.6. The number of hydrogen-bond donors (Lipinski definition) is 2. The van der Waals surface area contributed by atoms with Crippen molar-refractivity contribution in [3.63, 3.8) is 0 Å². The summed E-state index contributed by atoms with van der Waals surface area (Å²) in [6.07, 6.45) is 0.569. The number of rotatable bonds is 6.